The van der Waals surface area contributed by atoms with Crippen LogP contribution in [0.5, 0.6) is 5.88 Å². The number of benzene rings is 2. The minimum atomic E-state index is -0.632. The van der Waals surface area contributed by atoms with E-state index >= 15 is 0 Å². The van der Waals surface area contributed by atoms with Crippen LogP contribution in [0.2, 0.25) is 10.0 Å². The molecule has 3 N–H and O–H groups in total. The SMILES string of the molecule is N#CC1=C(N)Oc2n[nH]c(-c3ccc(Cl)c(Cl)c3)c2[C@H]1c1ccc([N+](=O)[O-])cc1. The van der Waals surface area contributed by atoms with Gasteiger partial charge in [-0.05, 0) is 17.7 Å². The number of nitrogens with zero attached hydrogens (tertiary/aromatic N) is 3. The van der Waals surface area contributed by atoms with Crippen LogP contribution in [-0.4, -0.2) is 15.1 Å². The molecule has 1 atom stereocenters. The van der Waals surface area contributed by atoms with Crippen molar-refractivity contribution < 1.29 is 9.66 Å². The van der Waals surface area contributed by atoms with E-state index < -0.39 is 10.8 Å². The van der Waals surface area contributed by atoms with Crippen LogP contribution in [0, 0.1) is 21.4 Å². The first-order chi connectivity index (χ1) is 13.9. The van der Waals surface area contributed by atoms with Crippen LogP contribution in [0.15, 0.2) is 53.9 Å². The summed E-state index contributed by atoms with van der Waals surface area (Å²) in [4.78, 5) is 10.5. The van der Waals surface area contributed by atoms with Gasteiger partial charge in [-0.3, -0.25) is 15.2 Å². The van der Waals surface area contributed by atoms with Crippen LogP contribution in [0.3, 0.4) is 0 Å². The molecule has 2 heterocycles. The Hall–Kier alpha value is -3.54. The van der Waals surface area contributed by atoms with E-state index in [1.807, 2.05) is 0 Å². The lowest BCUT2D eigenvalue weighted by molar-refractivity contribution is -0.384. The largest absolute Gasteiger partial charge is 0.420 e. The Labute approximate surface area is 174 Å². The van der Waals surface area contributed by atoms with Gasteiger partial charge in [0, 0.05) is 17.7 Å². The standard InChI is InChI=1S/C19H11Cl2N5O3/c20-13-6-3-10(7-14(13)21)17-16-15(9-1-4-11(5-2-9)26(27)28)12(8-22)18(23)29-19(16)25-24-17/h1-7,15H,23H2,(H,24,25)/t15-/m0/s1. The molecule has 4 rings (SSSR count). The average molecular weight is 428 g/mol. The smallest absolute Gasteiger partial charge is 0.269 e. The predicted molar refractivity (Wildman–Crippen MR) is 106 cm³/mol. The third kappa shape index (κ3) is 3.16. The first kappa shape index (κ1) is 18.8. The predicted octanol–water partition coefficient (Wildman–Crippen LogP) is 4.51. The van der Waals surface area contributed by atoms with Crippen molar-refractivity contribution in [3.05, 3.63) is 85.2 Å². The monoisotopic (exact) mass is 427 g/mol. The van der Waals surface area contributed by atoms with Gasteiger partial charge in [-0.25, -0.2) is 0 Å². The van der Waals surface area contributed by atoms with E-state index in [1.165, 1.54) is 12.1 Å². The van der Waals surface area contributed by atoms with Crippen molar-refractivity contribution >= 4 is 28.9 Å². The summed E-state index contributed by atoms with van der Waals surface area (Å²) in [5.41, 5.74) is 8.50. The Morgan fingerprint density at radius 2 is 1.93 bits per heavy atom. The van der Waals surface area contributed by atoms with Gasteiger partial charge in [0.15, 0.2) is 0 Å². The van der Waals surface area contributed by atoms with Crippen molar-refractivity contribution in [3.63, 3.8) is 0 Å². The maximum atomic E-state index is 11.0. The third-order valence-electron chi connectivity index (χ3n) is 4.58. The van der Waals surface area contributed by atoms with Crippen molar-refractivity contribution in [1.29, 1.82) is 5.26 Å². The number of nitriles is 1. The molecule has 0 bridgehead atoms. The van der Waals surface area contributed by atoms with Gasteiger partial charge in [0.05, 0.1) is 32.1 Å². The number of allylic oxidation sites excluding steroid dienone is 1. The number of non-ortho nitro benzene ring substituents is 1. The number of nitrogens with two attached hydrogens (primary N) is 1. The lowest BCUT2D eigenvalue weighted by atomic mass is 9.83. The zero-order valence-corrected chi connectivity index (χ0v) is 16.0. The third-order valence-corrected chi connectivity index (χ3v) is 5.32. The summed E-state index contributed by atoms with van der Waals surface area (Å²) < 4.78 is 5.53. The lowest BCUT2D eigenvalue weighted by Crippen LogP contribution is -2.21. The van der Waals surface area contributed by atoms with Crippen molar-refractivity contribution in [1.82, 2.24) is 10.2 Å². The van der Waals surface area contributed by atoms with Crippen molar-refractivity contribution in [2.45, 2.75) is 5.92 Å². The van der Waals surface area contributed by atoms with E-state index in [0.717, 1.165) is 0 Å². The lowest BCUT2D eigenvalue weighted by Gasteiger charge is -2.24. The van der Waals surface area contributed by atoms with Gasteiger partial charge in [0.2, 0.25) is 11.8 Å². The second-order valence-corrected chi connectivity index (χ2v) is 7.03. The molecule has 3 aromatic rings. The fraction of sp³-hybridized carbons (Fsp3) is 0.0526. The maximum absolute atomic E-state index is 11.0. The molecule has 0 aliphatic carbocycles. The molecular formula is C19H11Cl2N5O3. The zero-order valence-electron chi connectivity index (χ0n) is 14.5. The molecule has 1 aliphatic heterocycles. The number of ether oxygens (including phenoxy) is 1. The van der Waals surface area contributed by atoms with Crippen molar-refractivity contribution in [2.24, 2.45) is 5.73 Å². The molecule has 29 heavy (non-hydrogen) atoms. The Balaban J connectivity index is 1.91. The highest BCUT2D eigenvalue weighted by atomic mass is 35.5. The topological polar surface area (TPSA) is 131 Å². The normalized spacial score (nSPS) is 15.4. The Morgan fingerprint density at radius 3 is 2.55 bits per heavy atom. The summed E-state index contributed by atoms with van der Waals surface area (Å²) in [6.07, 6.45) is 0. The van der Waals surface area contributed by atoms with Gasteiger partial charge >= 0.3 is 0 Å². The summed E-state index contributed by atoms with van der Waals surface area (Å²) in [5, 5.41) is 28.5. The van der Waals surface area contributed by atoms with Gasteiger partial charge in [-0.2, -0.15) is 5.26 Å². The molecular weight excluding hydrogens is 417 g/mol. The van der Waals surface area contributed by atoms with Crippen LogP contribution < -0.4 is 10.5 Å². The van der Waals surface area contributed by atoms with E-state index in [0.29, 0.717) is 32.4 Å². The number of H-pyrrole nitrogens is 1. The minimum absolute atomic E-state index is 0.0617. The second-order valence-electron chi connectivity index (χ2n) is 6.22. The molecule has 0 spiro atoms. The van der Waals surface area contributed by atoms with E-state index in [1.54, 1.807) is 30.3 Å². The summed E-state index contributed by atoms with van der Waals surface area (Å²) >= 11 is 12.2. The maximum Gasteiger partial charge on any atom is 0.269 e. The average Bonchev–Trinajstić information content (AvgIpc) is 3.12. The molecule has 0 saturated carbocycles. The van der Waals surface area contributed by atoms with Crippen LogP contribution in [0.25, 0.3) is 11.3 Å². The number of aromatic nitrogens is 2. The van der Waals surface area contributed by atoms with Crippen LogP contribution in [-0.2, 0) is 0 Å². The number of rotatable bonds is 3. The molecule has 0 fully saturated rings. The molecule has 144 valence electrons. The molecule has 0 saturated heterocycles. The fourth-order valence-electron chi connectivity index (χ4n) is 3.24. The van der Waals surface area contributed by atoms with E-state index in [2.05, 4.69) is 16.3 Å². The van der Waals surface area contributed by atoms with Gasteiger partial charge in [-0.1, -0.05) is 41.4 Å². The molecule has 2 aromatic carbocycles. The summed E-state index contributed by atoms with van der Waals surface area (Å²) in [6, 6.07) is 13.0. The number of hydrogen-bond donors (Lipinski definition) is 2. The van der Waals surface area contributed by atoms with E-state index in [-0.39, 0.29) is 23.0 Å². The number of nitro groups is 1. The molecule has 1 aliphatic rings. The zero-order chi connectivity index (χ0) is 20.7. The fourth-order valence-corrected chi connectivity index (χ4v) is 3.54. The van der Waals surface area contributed by atoms with E-state index in [9.17, 15) is 15.4 Å². The highest BCUT2D eigenvalue weighted by molar-refractivity contribution is 6.42. The van der Waals surface area contributed by atoms with Crippen molar-refractivity contribution in [3.8, 4) is 23.2 Å². The second kappa shape index (κ2) is 7.13. The quantitative estimate of drug-likeness (QED) is 0.466. The van der Waals surface area contributed by atoms with Gasteiger partial charge in [0.1, 0.15) is 11.6 Å². The summed E-state index contributed by atoms with van der Waals surface area (Å²) in [6.45, 7) is 0. The van der Waals surface area contributed by atoms with Gasteiger partial charge in [0.25, 0.3) is 5.69 Å². The highest BCUT2D eigenvalue weighted by Gasteiger charge is 2.35. The summed E-state index contributed by atoms with van der Waals surface area (Å²) in [7, 11) is 0. The number of hydrogen-bond acceptors (Lipinski definition) is 6. The molecule has 0 amide bonds. The van der Waals surface area contributed by atoms with Crippen LogP contribution in [0.1, 0.15) is 17.0 Å². The summed E-state index contributed by atoms with van der Waals surface area (Å²) in [5.74, 6) is -0.491. The molecule has 1 aromatic heterocycles. The first-order valence-corrected chi connectivity index (χ1v) is 9.02. The minimum Gasteiger partial charge on any atom is -0.420 e. The van der Waals surface area contributed by atoms with Gasteiger partial charge < -0.3 is 10.5 Å². The number of aromatic amines is 1. The van der Waals surface area contributed by atoms with E-state index in [4.69, 9.17) is 33.7 Å². The molecule has 10 heteroatoms. The first-order valence-electron chi connectivity index (χ1n) is 8.26. The Morgan fingerprint density at radius 1 is 1.21 bits per heavy atom. The molecule has 0 unspecified atom stereocenters. The van der Waals surface area contributed by atoms with Crippen LogP contribution in [0.4, 0.5) is 5.69 Å². The molecule has 0 radical (unpaired) electrons. The highest BCUT2D eigenvalue weighted by Crippen LogP contribution is 2.46. The number of nitrogens with one attached hydrogen (secondary N) is 1. The van der Waals surface area contributed by atoms with Crippen molar-refractivity contribution in [2.75, 3.05) is 0 Å². The number of nitro benzene ring substituents is 1. The molecule has 8 nitrogen and oxygen atoms in total. The number of halogens is 2. The number of fused-ring (bicyclic) bond motifs is 1. The van der Waals surface area contributed by atoms with Gasteiger partial charge in [-0.15, -0.1) is 5.10 Å². The Bertz CT molecular complexity index is 1210. The Kier molecular flexibility index (Phi) is 4.62. The van der Waals surface area contributed by atoms with Crippen LogP contribution >= 0.6 is 23.2 Å².